The quantitative estimate of drug-likeness (QED) is 0.780. The topological polar surface area (TPSA) is 49.3 Å². The Morgan fingerprint density at radius 2 is 1.94 bits per heavy atom. The Kier molecular flexibility index (Phi) is 5.63. The lowest BCUT2D eigenvalue weighted by Crippen LogP contribution is -2.26. The largest absolute Gasteiger partial charge is 0.396 e. The molecule has 0 fully saturated rings. The monoisotopic (exact) mass is 269 g/mol. The molecule has 0 heterocycles. The number of aliphatic hydroxyl groups excluding tert-OH is 1. The van der Waals surface area contributed by atoms with Gasteiger partial charge in [0, 0.05) is 23.7 Å². The number of carbonyl (C=O) groups is 1. The Hall–Kier alpha value is -1.06. The molecule has 0 aliphatic rings. The van der Waals surface area contributed by atoms with E-state index < -0.39 is 0 Å². The first-order chi connectivity index (χ1) is 8.44. The van der Waals surface area contributed by atoms with E-state index in [1.54, 1.807) is 24.3 Å². The molecule has 3 nitrogen and oxygen atoms in total. The predicted octanol–water partition coefficient (Wildman–Crippen LogP) is 2.87. The highest BCUT2D eigenvalue weighted by Gasteiger charge is 2.15. The number of nitrogens with one attached hydrogen (secondary N) is 1. The standard InChI is InChI=1S/C14H20ClNO2/c1-14(2,10-17)8-3-9-16-13(18)11-4-6-12(15)7-5-11/h4-7,17H,3,8-10H2,1-2H3,(H,16,18). The number of halogens is 1. The third-order valence-electron chi connectivity index (χ3n) is 2.85. The van der Waals surface area contributed by atoms with Gasteiger partial charge in [0.15, 0.2) is 0 Å². The Labute approximate surface area is 113 Å². The molecule has 100 valence electrons. The van der Waals surface area contributed by atoms with Crippen LogP contribution < -0.4 is 5.32 Å². The van der Waals surface area contributed by atoms with Crippen molar-refractivity contribution in [2.75, 3.05) is 13.2 Å². The minimum Gasteiger partial charge on any atom is -0.396 e. The van der Waals surface area contributed by atoms with E-state index >= 15 is 0 Å². The number of benzene rings is 1. The van der Waals surface area contributed by atoms with E-state index in [2.05, 4.69) is 5.32 Å². The zero-order valence-corrected chi connectivity index (χ0v) is 11.6. The second-order valence-corrected chi connectivity index (χ2v) is 5.63. The maximum Gasteiger partial charge on any atom is 0.251 e. The summed E-state index contributed by atoms with van der Waals surface area (Å²) >= 11 is 5.75. The molecule has 0 aliphatic carbocycles. The lowest BCUT2D eigenvalue weighted by molar-refractivity contribution is 0.0948. The third kappa shape index (κ3) is 5.07. The lowest BCUT2D eigenvalue weighted by Gasteiger charge is -2.21. The molecule has 0 radical (unpaired) electrons. The normalized spacial score (nSPS) is 11.3. The van der Waals surface area contributed by atoms with Gasteiger partial charge in [0.2, 0.25) is 0 Å². The Morgan fingerprint density at radius 1 is 1.33 bits per heavy atom. The summed E-state index contributed by atoms with van der Waals surface area (Å²) in [5, 5.41) is 12.6. The van der Waals surface area contributed by atoms with Crippen molar-refractivity contribution in [2.24, 2.45) is 5.41 Å². The van der Waals surface area contributed by atoms with E-state index in [4.69, 9.17) is 16.7 Å². The summed E-state index contributed by atoms with van der Waals surface area (Å²) in [6, 6.07) is 6.81. The Balaban J connectivity index is 2.32. The van der Waals surface area contributed by atoms with Gasteiger partial charge in [0.1, 0.15) is 0 Å². The van der Waals surface area contributed by atoms with Gasteiger partial charge < -0.3 is 10.4 Å². The molecule has 1 rings (SSSR count). The highest BCUT2D eigenvalue weighted by atomic mass is 35.5. The first-order valence-electron chi connectivity index (χ1n) is 6.09. The summed E-state index contributed by atoms with van der Waals surface area (Å²) < 4.78 is 0. The first-order valence-corrected chi connectivity index (χ1v) is 6.47. The van der Waals surface area contributed by atoms with Crippen molar-refractivity contribution < 1.29 is 9.90 Å². The van der Waals surface area contributed by atoms with Crippen LogP contribution in [0.1, 0.15) is 37.0 Å². The van der Waals surface area contributed by atoms with Crippen molar-refractivity contribution >= 4 is 17.5 Å². The number of hydrogen-bond donors (Lipinski definition) is 2. The van der Waals surface area contributed by atoms with Crippen molar-refractivity contribution in [3.05, 3.63) is 34.9 Å². The highest BCUT2D eigenvalue weighted by molar-refractivity contribution is 6.30. The Morgan fingerprint density at radius 3 is 2.50 bits per heavy atom. The summed E-state index contributed by atoms with van der Waals surface area (Å²) in [6.07, 6.45) is 1.73. The zero-order valence-electron chi connectivity index (χ0n) is 10.9. The van der Waals surface area contributed by atoms with Crippen molar-refractivity contribution in [2.45, 2.75) is 26.7 Å². The molecular formula is C14H20ClNO2. The molecule has 1 amide bonds. The smallest absolute Gasteiger partial charge is 0.251 e. The zero-order chi connectivity index (χ0) is 13.6. The number of rotatable bonds is 6. The Bertz CT molecular complexity index is 387. The van der Waals surface area contributed by atoms with Crippen molar-refractivity contribution in [3.63, 3.8) is 0 Å². The van der Waals surface area contributed by atoms with E-state index in [-0.39, 0.29) is 17.9 Å². The molecule has 0 aliphatic heterocycles. The van der Waals surface area contributed by atoms with Gasteiger partial charge in [0.05, 0.1) is 0 Å². The van der Waals surface area contributed by atoms with E-state index in [0.717, 1.165) is 12.8 Å². The molecule has 1 aromatic carbocycles. The second kappa shape index (κ2) is 6.76. The molecule has 1 aromatic rings. The predicted molar refractivity (Wildman–Crippen MR) is 73.9 cm³/mol. The number of hydrogen-bond acceptors (Lipinski definition) is 2. The van der Waals surface area contributed by atoms with Crippen molar-refractivity contribution in [1.29, 1.82) is 0 Å². The van der Waals surface area contributed by atoms with Crippen LogP contribution >= 0.6 is 11.6 Å². The fourth-order valence-electron chi connectivity index (χ4n) is 1.55. The van der Waals surface area contributed by atoms with Gasteiger partial charge in [-0.25, -0.2) is 0 Å². The summed E-state index contributed by atoms with van der Waals surface area (Å²) in [5.41, 5.74) is 0.533. The van der Waals surface area contributed by atoms with Gasteiger partial charge >= 0.3 is 0 Å². The van der Waals surface area contributed by atoms with Gasteiger partial charge in [-0.15, -0.1) is 0 Å². The lowest BCUT2D eigenvalue weighted by atomic mass is 9.89. The number of aliphatic hydroxyl groups is 1. The van der Waals surface area contributed by atoms with Gasteiger partial charge in [0.25, 0.3) is 5.91 Å². The number of carbonyl (C=O) groups excluding carboxylic acids is 1. The molecule has 4 heteroatoms. The van der Waals surface area contributed by atoms with Crippen LogP contribution in [0.25, 0.3) is 0 Å². The van der Waals surface area contributed by atoms with Crippen LogP contribution in [-0.4, -0.2) is 24.2 Å². The van der Waals surface area contributed by atoms with E-state index in [1.165, 1.54) is 0 Å². The van der Waals surface area contributed by atoms with Crippen LogP contribution in [-0.2, 0) is 0 Å². The average molecular weight is 270 g/mol. The molecule has 0 atom stereocenters. The van der Waals surface area contributed by atoms with Gasteiger partial charge in [-0.1, -0.05) is 25.4 Å². The van der Waals surface area contributed by atoms with Crippen LogP contribution in [0.15, 0.2) is 24.3 Å². The van der Waals surface area contributed by atoms with Gasteiger partial charge in [-0.2, -0.15) is 0 Å². The van der Waals surface area contributed by atoms with E-state index in [0.29, 0.717) is 17.1 Å². The van der Waals surface area contributed by atoms with Crippen LogP contribution in [0.2, 0.25) is 5.02 Å². The van der Waals surface area contributed by atoms with Crippen LogP contribution in [0.3, 0.4) is 0 Å². The third-order valence-corrected chi connectivity index (χ3v) is 3.10. The summed E-state index contributed by atoms with van der Waals surface area (Å²) in [6.45, 7) is 4.80. The molecule has 0 bridgehead atoms. The number of amides is 1. The van der Waals surface area contributed by atoms with Crippen LogP contribution in [0.4, 0.5) is 0 Å². The summed E-state index contributed by atoms with van der Waals surface area (Å²) in [7, 11) is 0. The maximum atomic E-state index is 11.7. The molecule has 2 N–H and O–H groups in total. The first kappa shape index (κ1) is 15.0. The van der Waals surface area contributed by atoms with Gasteiger partial charge in [-0.3, -0.25) is 4.79 Å². The molecule has 0 unspecified atom stereocenters. The molecule has 0 saturated carbocycles. The van der Waals surface area contributed by atoms with Crippen LogP contribution in [0, 0.1) is 5.41 Å². The minimum atomic E-state index is -0.0894. The fraction of sp³-hybridized carbons (Fsp3) is 0.500. The minimum absolute atomic E-state index is 0.0784. The second-order valence-electron chi connectivity index (χ2n) is 5.19. The fourth-order valence-corrected chi connectivity index (χ4v) is 1.68. The van der Waals surface area contributed by atoms with E-state index in [1.807, 2.05) is 13.8 Å². The highest BCUT2D eigenvalue weighted by Crippen LogP contribution is 2.20. The van der Waals surface area contributed by atoms with Crippen molar-refractivity contribution in [1.82, 2.24) is 5.32 Å². The van der Waals surface area contributed by atoms with Crippen molar-refractivity contribution in [3.8, 4) is 0 Å². The van der Waals surface area contributed by atoms with E-state index in [9.17, 15) is 4.79 Å². The molecule has 18 heavy (non-hydrogen) atoms. The summed E-state index contributed by atoms with van der Waals surface area (Å²) in [5.74, 6) is -0.0894. The van der Waals surface area contributed by atoms with Crippen LogP contribution in [0.5, 0.6) is 0 Å². The molecule has 0 aromatic heterocycles. The maximum absolute atomic E-state index is 11.7. The molecule has 0 spiro atoms. The molecule has 0 saturated heterocycles. The SMILES string of the molecule is CC(C)(CO)CCCNC(=O)c1ccc(Cl)cc1. The average Bonchev–Trinajstić information content (AvgIpc) is 2.35. The van der Waals surface area contributed by atoms with Gasteiger partial charge in [-0.05, 0) is 42.5 Å². The summed E-state index contributed by atoms with van der Waals surface area (Å²) in [4.78, 5) is 11.7. The molecular weight excluding hydrogens is 250 g/mol.